The largest absolute Gasteiger partial charge is 0.449 e. The number of halogens is 4. The molecule has 0 aliphatic heterocycles. The quantitative estimate of drug-likeness (QED) is 0.455. The van der Waals surface area contributed by atoms with Crippen LogP contribution < -0.4 is 5.32 Å². The number of amides is 1. The molecule has 0 saturated carbocycles. The first kappa shape index (κ1) is 21.1. The molecule has 0 radical (unpaired) electrons. The maximum Gasteiger partial charge on any atom is 0.416 e. The van der Waals surface area contributed by atoms with E-state index in [1.165, 1.54) is 49.4 Å². The van der Waals surface area contributed by atoms with E-state index >= 15 is 0 Å². The van der Waals surface area contributed by atoms with Gasteiger partial charge in [0.15, 0.2) is 6.10 Å². The Kier molecular flexibility index (Phi) is 6.92. The summed E-state index contributed by atoms with van der Waals surface area (Å²) in [5.41, 5.74) is 0.257. The van der Waals surface area contributed by atoms with Crippen molar-refractivity contribution < 1.29 is 31.9 Å². The van der Waals surface area contributed by atoms with Gasteiger partial charge in [0.05, 0.1) is 5.56 Å². The number of carbonyl (C=O) groups excluding carboxylic acids is 2. The van der Waals surface area contributed by atoms with Crippen molar-refractivity contribution in [2.75, 3.05) is 0 Å². The van der Waals surface area contributed by atoms with Gasteiger partial charge in [-0.15, -0.1) is 0 Å². The maximum atomic E-state index is 12.8. The molecular formula is C20H17F4NO3. The van der Waals surface area contributed by atoms with Crippen molar-refractivity contribution in [3.05, 3.63) is 77.1 Å². The molecule has 2 rings (SSSR count). The highest BCUT2D eigenvalue weighted by Crippen LogP contribution is 2.29. The predicted octanol–water partition coefficient (Wildman–Crippen LogP) is 4.11. The first-order valence-corrected chi connectivity index (χ1v) is 8.23. The Labute approximate surface area is 158 Å². The van der Waals surface area contributed by atoms with Gasteiger partial charge in [0, 0.05) is 12.6 Å². The van der Waals surface area contributed by atoms with Gasteiger partial charge in [0.2, 0.25) is 0 Å². The molecule has 148 valence electrons. The molecule has 0 fully saturated rings. The van der Waals surface area contributed by atoms with Crippen LogP contribution in [0.3, 0.4) is 0 Å². The first-order valence-electron chi connectivity index (χ1n) is 8.23. The van der Waals surface area contributed by atoms with Gasteiger partial charge >= 0.3 is 12.1 Å². The van der Waals surface area contributed by atoms with Gasteiger partial charge in [0.1, 0.15) is 5.82 Å². The summed E-state index contributed by atoms with van der Waals surface area (Å²) in [4.78, 5) is 23.7. The molecule has 1 N–H and O–H groups in total. The summed E-state index contributed by atoms with van der Waals surface area (Å²) in [7, 11) is 0. The lowest BCUT2D eigenvalue weighted by atomic mass is 10.1. The maximum absolute atomic E-state index is 12.8. The van der Waals surface area contributed by atoms with E-state index in [2.05, 4.69) is 5.32 Å². The second-order valence-electron chi connectivity index (χ2n) is 5.88. The molecule has 0 aliphatic carbocycles. The minimum Gasteiger partial charge on any atom is -0.449 e. The lowest BCUT2D eigenvalue weighted by Crippen LogP contribution is -2.35. The van der Waals surface area contributed by atoms with Crippen LogP contribution in [0.25, 0.3) is 6.08 Å². The van der Waals surface area contributed by atoms with E-state index in [1.54, 1.807) is 0 Å². The first-order chi connectivity index (χ1) is 13.1. The zero-order valence-electron chi connectivity index (χ0n) is 14.8. The highest BCUT2D eigenvalue weighted by molar-refractivity contribution is 5.90. The zero-order valence-corrected chi connectivity index (χ0v) is 14.8. The van der Waals surface area contributed by atoms with Crippen LogP contribution in [0.2, 0.25) is 0 Å². The Morgan fingerprint density at radius 1 is 1.07 bits per heavy atom. The number of hydrogen-bond acceptors (Lipinski definition) is 3. The van der Waals surface area contributed by atoms with Crippen LogP contribution in [-0.2, 0) is 27.0 Å². The monoisotopic (exact) mass is 395 g/mol. The molecule has 0 aliphatic rings. The van der Waals surface area contributed by atoms with Crippen LogP contribution >= 0.6 is 0 Å². The summed E-state index contributed by atoms with van der Waals surface area (Å²) < 4.78 is 55.2. The third kappa shape index (κ3) is 6.53. The van der Waals surface area contributed by atoms with Gasteiger partial charge in [0.25, 0.3) is 5.91 Å². The fourth-order valence-electron chi connectivity index (χ4n) is 2.15. The average Bonchev–Trinajstić information content (AvgIpc) is 2.65. The molecule has 1 amide bonds. The molecule has 0 heterocycles. The Morgan fingerprint density at radius 3 is 2.25 bits per heavy atom. The minimum absolute atomic E-state index is 0.141. The number of hydrogen-bond donors (Lipinski definition) is 1. The van der Waals surface area contributed by atoms with E-state index in [1.807, 2.05) is 0 Å². The van der Waals surface area contributed by atoms with Crippen molar-refractivity contribution in [2.45, 2.75) is 25.7 Å². The number of benzene rings is 2. The van der Waals surface area contributed by atoms with Gasteiger partial charge in [-0.3, -0.25) is 4.79 Å². The van der Waals surface area contributed by atoms with Crippen LogP contribution in [-0.4, -0.2) is 18.0 Å². The Hall–Kier alpha value is -3.16. The molecule has 2 aromatic rings. The summed E-state index contributed by atoms with van der Waals surface area (Å²) >= 11 is 0. The lowest BCUT2D eigenvalue weighted by Gasteiger charge is -2.12. The molecule has 8 heteroatoms. The Balaban J connectivity index is 1.83. The second kappa shape index (κ2) is 9.16. The van der Waals surface area contributed by atoms with Crippen molar-refractivity contribution in [3.63, 3.8) is 0 Å². The molecule has 0 aromatic heterocycles. The van der Waals surface area contributed by atoms with Crippen LogP contribution in [0.5, 0.6) is 0 Å². The van der Waals surface area contributed by atoms with Crippen molar-refractivity contribution >= 4 is 18.0 Å². The van der Waals surface area contributed by atoms with Crippen LogP contribution in [0.15, 0.2) is 54.6 Å². The third-order valence-electron chi connectivity index (χ3n) is 3.69. The molecule has 0 saturated heterocycles. The van der Waals surface area contributed by atoms with Crippen molar-refractivity contribution in [1.29, 1.82) is 0 Å². The summed E-state index contributed by atoms with van der Waals surface area (Å²) in [5.74, 6) is -1.75. The number of esters is 1. The van der Waals surface area contributed by atoms with Crippen LogP contribution in [0.1, 0.15) is 23.6 Å². The lowest BCUT2D eigenvalue weighted by molar-refractivity contribution is -0.150. The van der Waals surface area contributed by atoms with E-state index < -0.39 is 35.5 Å². The zero-order chi connectivity index (χ0) is 20.7. The van der Waals surface area contributed by atoms with E-state index in [9.17, 15) is 27.2 Å². The standard InChI is InChI=1S/C20H17F4NO3/c1-13(19(27)25-12-15-4-9-17(21)10-5-15)28-18(26)11-6-14-2-7-16(8-3-14)20(22,23)24/h2-11,13H,12H2,1H3,(H,25,27)/b11-6+/t13-/m0/s1. The van der Waals surface area contributed by atoms with E-state index in [0.29, 0.717) is 11.1 Å². The predicted molar refractivity (Wildman–Crippen MR) is 94.3 cm³/mol. The molecule has 1 atom stereocenters. The molecule has 2 aromatic carbocycles. The molecule has 4 nitrogen and oxygen atoms in total. The summed E-state index contributed by atoms with van der Waals surface area (Å²) in [6, 6.07) is 9.77. The van der Waals surface area contributed by atoms with Crippen molar-refractivity contribution in [1.82, 2.24) is 5.32 Å². The molecule has 0 unspecified atom stereocenters. The molecule has 28 heavy (non-hydrogen) atoms. The SMILES string of the molecule is C[C@H](OC(=O)/C=C/c1ccc(C(F)(F)F)cc1)C(=O)NCc1ccc(F)cc1. The van der Waals surface area contributed by atoms with Crippen molar-refractivity contribution in [3.8, 4) is 0 Å². The van der Waals surface area contributed by atoms with Crippen molar-refractivity contribution in [2.24, 2.45) is 0 Å². The van der Waals surface area contributed by atoms with Crippen LogP contribution in [0, 0.1) is 5.82 Å². The summed E-state index contributed by atoms with van der Waals surface area (Å²) in [6.45, 7) is 1.52. The summed E-state index contributed by atoms with van der Waals surface area (Å²) in [6.07, 6.45) is -3.21. The topological polar surface area (TPSA) is 55.4 Å². The number of carbonyl (C=O) groups is 2. The molecular weight excluding hydrogens is 378 g/mol. The Morgan fingerprint density at radius 2 is 1.68 bits per heavy atom. The third-order valence-corrected chi connectivity index (χ3v) is 3.69. The van der Waals surface area contributed by atoms with Gasteiger partial charge in [-0.2, -0.15) is 13.2 Å². The minimum atomic E-state index is -4.43. The van der Waals surface area contributed by atoms with Gasteiger partial charge < -0.3 is 10.1 Å². The van der Waals surface area contributed by atoms with Gasteiger partial charge in [-0.1, -0.05) is 24.3 Å². The number of ether oxygens (including phenoxy) is 1. The Bertz CT molecular complexity index is 843. The van der Waals surface area contributed by atoms with E-state index in [-0.39, 0.29) is 6.54 Å². The van der Waals surface area contributed by atoms with Crippen LogP contribution in [0.4, 0.5) is 17.6 Å². The molecule has 0 spiro atoms. The van der Waals surface area contributed by atoms with E-state index in [4.69, 9.17) is 4.74 Å². The molecule has 0 bridgehead atoms. The number of rotatable bonds is 6. The number of nitrogens with one attached hydrogen (secondary N) is 1. The highest BCUT2D eigenvalue weighted by atomic mass is 19.4. The fourth-order valence-corrected chi connectivity index (χ4v) is 2.15. The smallest absolute Gasteiger partial charge is 0.416 e. The average molecular weight is 395 g/mol. The highest BCUT2D eigenvalue weighted by Gasteiger charge is 2.29. The number of alkyl halides is 3. The fraction of sp³-hybridized carbons (Fsp3) is 0.200. The van der Waals surface area contributed by atoms with Gasteiger partial charge in [-0.05, 0) is 48.4 Å². The second-order valence-corrected chi connectivity index (χ2v) is 5.88. The van der Waals surface area contributed by atoms with Gasteiger partial charge in [-0.25, -0.2) is 9.18 Å². The normalized spacial score (nSPS) is 12.6. The van der Waals surface area contributed by atoms with E-state index in [0.717, 1.165) is 18.2 Å². The summed E-state index contributed by atoms with van der Waals surface area (Å²) in [5, 5.41) is 2.55.